The molecule has 0 saturated heterocycles. The minimum Gasteiger partial charge on any atom is -0.388 e. The Bertz CT molecular complexity index is 1230. The Labute approximate surface area is 178 Å². The Morgan fingerprint density at radius 2 is 1.83 bits per heavy atom. The molecule has 30 heavy (non-hydrogen) atoms. The van der Waals surface area contributed by atoms with Crippen molar-refractivity contribution in [2.24, 2.45) is 5.41 Å². The molecule has 3 nitrogen and oxygen atoms in total. The van der Waals surface area contributed by atoms with Crippen molar-refractivity contribution in [2.75, 3.05) is 0 Å². The number of hydrogen-bond acceptors (Lipinski definition) is 2. The van der Waals surface area contributed by atoms with Gasteiger partial charge in [0.1, 0.15) is 0 Å². The number of aromatic amines is 1. The van der Waals surface area contributed by atoms with Crippen LogP contribution in [0.1, 0.15) is 74.2 Å². The first-order chi connectivity index (χ1) is 14.3. The van der Waals surface area contributed by atoms with Gasteiger partial charge in [-0.25, -0.2) is 0 Å². The second-order valence-corrected chi connectivity index (χ2v) is 9.97. The summed E-state index contributed by atoms with van der Waals surface area (Å²) in [6.07, 6.45) is 1.98. The van der Waals surface area contributed by atoms with Crippen LogP contribution >= 0.6 is 0 Å². The molecule has 3 heteroatoms. The summed E-state index contributed by atoms with van der Waals surface area (Å²) in [6, 6.07) is 17.3. The van der Waals surface area contributed by atoms with E-state index < -0.39 is 6.10 Å². The number of aliphatic hydroxyl groups excluding tert-OH is 1. The Kier molecular flexibility index (Phi) is 4.48. The quantitative estimate of drug-likeness (QED) is 0.417. The van der Waals surface area contributed by atoms with Crippen LogP contribution < -0.4 is 0 Å². The highest BCUT2D eigenvalue weighted by Crippen LogP contribution is 2.45. The van der Waals surface area contributed by atoms with Gasteiger partial charge in [0.25, 0.3) is 0 Å². The van der Waals surface area contributed by atoms with E-state index in [0.29, 0.717) is 5.92 Å². The van der Waals surface area contributed by atoms with E-state index in [1.807, 2.05) is 0 Å². The van der Waals surface area contributed by atoms with Crippen LogP contribution in [0.3, 0.4) is 0 Å². The standard InChI is InChI=1S/C27H30N2O/c1-16(2)18-11-9-17(10-12-18)13-21-26-24(19-7-5-6-8-20(19)29-26)25-22(28-21)14-27(3,4)15-23(25)30/h5-12,16,23,29-30H,13-15H2,1-4H3. The third-order valence-electron chi connectivity index (χ3n) is 6.59. The molecule has 2 aromatic carbocycles. The van der Waals surface area contributed by atoms with Gasteiger partial charge in [-0.2, -0.15) is 0 Å². The summed E-state index contributed by atoms with van der Waals surface area (Å²) in [7, 11) is 0. The van der Waals surface area contributed by atoms with Crippen LogP contribution in [0.25, 0.3) is 21.8 Å². The zero-order chi connectivity index (χ0) is 21.0. The third-order valence-corrected chi connectivity index (χ3v) is 6.59. The highest BCUT2D eigenvalue weighted by atomic mass is 16.3. The molecule has 0 fully saturated rings. The zero-order valence-electron chi connectivity index (χ0n) is 18.3. The monoisotopic (exact) mass is 398 g/mol. The fourth-order valence-electron chi connectivity index (χ4n) is 5.05. The Balaban J connectivity index is 1.71. The maximum atomic E-state index is 11.1. The van der Waals surface area contributed by atoms with Gasteiger partial charge < -0.3 is 10.1 Å². The van der Waals surface area contributed by atoms with E-state index >= 15 is 0 Å². The molecule has 1 atom stereocenters. The number of rotatable bonds is 3. The van der Waals surface area contributed by atoms with Crippen molar-refractivity contribution in [2.45, 2.75) is 59.0 Å². The van der Waals surface area contributed by atoms with E-state index in [9.17, 15) is 5.11 Å². The lowest BCUT2D eigenvalue weighted by Crippen LogP contribution is -2.27. The number of nitrogens with zero attached hydrogens (tertiary/aromatic N) is 1. The Hall–Kier alpha value is -2.65. The lowest BCUT2D eigenvalue weighted by Gasteiger charge is -2.34. The van der Waals surface area contributed by atoms with Gasteiger partial charge in [-0.15, -0.1) is 0 Å². The number of pyridine rings is 1. The van der Waals surface area contributed by atoms with E-state index in [0.717, 1.165) is 52.6 Å². The second-order valence-electron chi connectivity index (χ2n) is 9.97. The average molecular weight is 399 g/mol. The minimum absolute atomic E-state index is 0.0510. The van der Waals surface area contributed by atoms with Crippen LogP contribution in [0, 0.1) is 5.41 Å². The first kappa shape index (κ1) is 19.3. The van der Waals surface area contributed by atoms with Crippen molar-refractivity contribution >= 4 is 21.8 Å². The number of H-pyrrole nitrogens is 1. The molecule has 0 saturated carbocycles. The van der Waals surface area contributed by atoms with Gasteiger partial charge in [-0.3, -0.25) is 4.98 Å². The summed E-state index contributed by atoms with van der Waals surface area (Å²) >= 11 is 0. The molecule has 0 radical (unpaired) electrons. The number of para-hydroxylation sites is 1. The van der Waals surface area contributed by atoms with E-state index in [4.69, 9.17) is 4.98 Å². The largest absolute Gasteiger partial charge is 0.388 e. The molecular weight excluding hydrogens is 368 g/mol. The van der Waals surface area contributed by atoms with Gasteiger partial charge >= 0.3 is 0 Å². The molecule has 0 aliphatic heterocycles. The number of nitrogens with one attached hydrogen (secondary N) is 1. The smallest absolute Gasteiger partial charge is 0.0819 e. The molecule has 5 rings (SSSR count). The highest BCUT2D eigenvalue weighted by molar-refractivity contribution is 6.10. The van der Waals surface area contributed by atoms with Gasteiger partial charge in [-0.05, 0) is 41.4 Å². The van der Waals surface area contributed by atoms with Gasteiger partial charge in [0.05, 0.1) is 17.3 Å². The van der Waals surface area contributed by atoms with E-state index in [1.54, 1.807) is 0 Å². The summed E-state index contributed by atoms with van der Waals surface area (Å²) in [6.45, 7) is 8.90. The van der Waals surface area contributed by atoms with Crippen LogP contribution in [0.15, 0.2) is 48.5 Å². The molecule has 0 bridgehead atoms. The van der Waals surface area contributed by atoms with Crippen molar-refractivity contribution in [3.05, 3.63) is 76.6 Å². The molecule has 0 amide bonds. The van der Waals surface area contributed by atoms with Crippen molar-refractivity contribution in [1.82, 2.24) is 9.97 Å². The maximum Gasteiger partial charge on any atom is 0.0819 e. The molecule has 1 unspecified atom stereocenters. The van der Waals surface area contributed by atoms with Crippen LogP contribution in [-0.2, 0) is 12.8 Å². The fourth-order valence-corrected chi connectivity index (χ4v) is 5.05. The van der Waals surface area contributed by atoms with Gasteiger partial charge in [0, 0.05) is 34.0 Å². The number of aliphatic hydroxyl groups is 1. The normalized spacial score (nSPS) is 18.3. The SMILES string of the molecule is CC(C)c1ccc(Cc2nc3c(c4c2[nH]c2ccccc24)C(O)CC(C)(C)C3)cc1. The predicted octanol–water partition coefficient (Wildman–Crippen LogP) is 6.44. The zero-order valence-corrected chi connectivity index (χ0v) is 18.3. The topological polar surface area (TPSA) is 48.9 Å². The number of benzene rings is 2. The average Bonchev–Trinajstić information content (AvgIpc) is 3.07. The number of hydrogen-bond donors (Lipinski definition) is 2. The molecular formula is C27H30N2O. The maximum absolute atomic E-state index is 11.1. The summed E-state index contributed by atoms with van der Waals surface area (Å²) in [5.41, 5.74) is 8.01. The summed E-state index contributed by atoms with van der Waals surface area (Å²) < 4.78 is 0. The van der Waals surface area contributed by atoms with E-state index in [-0.39, 0.29) is 5.41 Å². The Morgan fingerprint density at radius 3 is 2.57 bits per heavy atom. The van der Waals surface area contributed by atoms with Crippen molar-refractivity contribution in [3.63, 3.8) is 0 Å². The summed E-state index contributed by atoms with van der Waals surface area (Å²) in [5, 5.41) is 13.4. The first-order valence-corrected chi connectivity index (χ1v) is 11.0. The molecule has 2 aromatic heterocycles. The fraction of sp³-hybridized carbons (Fsp3) is 0.370. The number of fused-ring (bicyclic) bond motifs is 5. The lowest BCUT2D eigenvalue weighted by molar-refractivity contribution is 0.0997. The van der Waals surface area contributed by atoms with Crippen molar-refractivity contribution < 1.29 is 5.11 Å². The van der Waals surface area contributed by atoms with Crippen LogP contribution in [0.4, 0.5) is 0 Å². The second kappa shape index (κ2) is 6.95. The Morgan fingerprint density at radius 1 is 1.10 bits per heavy atom. The lowest BCUT2D eigenvalue weighted by atomic mass is 9.74. The number of aromatic nitrogens is 2. The highest BCUT2D eigenvalue weighted by Gasteiger charge is 2.35. The van der Waals surface area contributed by atoms with Gasteiger partial charge in [0.2, 0.25) is 0 Å². The molecule has 1 aliphatic rings. The van der Waals surface area contributed by atoms with Gasteiger partial charge in [-0.1, -0.05) is 70.2 Å². The predicted molar refractivity (Wildman–Crippen MR) is 124 cm³/mol. The van der Waals surface area contributed by atoms with E-state index in [2.05, 4.69) is 81.2 Å². The van der Waals surface area contributed by atoms with Crippen LogP contribution in [-0.4, -0.2) is 15.1 Å². The molecule has 2 N–H and O–H groups in total. The summed E-state index contributed by atoms with van der Waals surface area (Å²) in [4.78, 5) is 8.76. The molecule has 1 aliphatic carbocycles. The molecule has 4 aromatic rings. The van der Waals surface area contributed by atoms with Crippen LogP contribution in [0.5, 0.6) is 0 Å². The van der Waals surface area contributed by atoms with Crippen molar-refractivity contribution in [1.29, 1.82) is 0 Å². The van der Waals surface area contributed by atoms with Crippen LogP contribution in [0.2, 0.25) is 0 Å². The van der Waals surface area contributed by atoms with Crippen molar-refractivity contribution in [3.8, 4) is 0 Å². The third kappa shape index (κ3) is 3.22. The van der Waals surface area contributed by atoms with E-state index in [1.165, 1.54) is 16.5 Å². The first-order valence-electron chi connectivity index (χ1n) is 11.0. The van der Waals surface area contributed by atoms with Gasteiger partial charge in [0.15, 0.2) is 0 Å². The summed E-state index contributed by atoms with van der Waals surface area (Å²) in [5.74, 6) is 0.532. The molecule has 2 heterocycles. The molecule has 154 valence electrons. The minimum atomic E-state index is -0.475. The molecule has 0 spiro atoms.